The van der Waals surface area contributed by atoms with Crippen LogP contribution in [0.25, 0.3) is 0 Å². The molecule has 3 amide bonds. The van der Waals surface area contributed by atoms with Crippen LogP contribution in [0.15, 0.2) is 0 Å². The van der Waals surface area contributed by atoms with Gasteiger partial charge in [0.2, 0.25) is 5.91 Å². The van der Waals surface area contributed by atoms with E-state index in [1.54, 1.807) is 0 Å². The van der Waals surface area contributed by atoms with Crippen LogP contribution in [0.1, 0.15) is 25.7 Å². The number of primary amides is 1. The molecule has 0 aromatic heterocycles. The Hall–Kier alpha value is -1.30. The van der Waals surface area contributed by atoms with Gasteiger partial charge in [-0.25, -0.2) is 4.79 Å². The van der Waals surface area contributed by atoms with Crippen LogP contribution in [0.3, 0.4) is 0 Å². The highest BCUT2D eigenvalue weighted by Crippen LogP contribution is 2.27. The summed E-state index contributed by atoms with van der Waals surface area (Å²) in [4.78, 5) is 22.2. The minimum Gasteiger partial charge on any atom is -0.354 e. The molecule has 98 valence electrons. The van der Waals surface area contributed by atoms with E-state index in [4.69, 9.17) is 11.5 Å². The van der Waals surface area contributed by atoms with E-state index in [0.29, 0.717) is 19.0 Å². The van der Waals surface area contributed by atoms with Gasteiger partial charge < -0.3 is 22.1 Å². The largest absolute Gasteiger partial charge is 0.354 e. The Balaban J connectivity index is 2.14. The average Bonchev–Trinajstić information content (AvgIpc) is 2.34. The van der Waals surface area contributed by atoms with Gasteiger partial charge in [0.05, 0.1) is 0 Å². The lowest BCUT2D eigenvalue weighted by molar-refractivity contribution is -0.126. The normalized spacial score (nSPS) is 24.1. The van der Waals surface area contributed by atoms with Crippen molar-refractivity contribution in [2.75, 3.05) is 19.6 Å². The second-order valence-electron chi connectivity index (χ2n) is 4.54. The molecule has 0 bridgehead atoms. The lowest BCUT2D eigenvalue weighted by Gasteiger charge is -2.26. The van der Waals surface area contributed by atoms with Crippen LogP contribution in [0, 0.1) is 11.8 Å². The first-order chi connectivity index (χ1) is 8.13. The van der Waals surface area contributed by atoms with Crippen molar-refractivity contribution < 1.29 is 9.59 Å². The minimum absolute atomic E-state index is 0.0757. The van der Waals surface area contributed by atoms with E-state index in [9.17, 15) is 9.59 Å². The van der Waals surface area contributed by atoms with Crippen molar-refractivity contribution in [1.29, 1.82) is 0 Å². The quantitative estimate of drug-likeness (QED) is 0.489. The zero-order valence-corrected chi connectivity index (χ0v) is 10.1. The van der Waals surface area contributed by atoms with Crippen molar-refractivity contribution >= 4 is 11.9 Å². The smallest absolute Gasteiger partial charge is 0.312 e. The first kappa shape index (κ1) is 13.8. The molecular weight excluding hydrogens is 220 g/mol. The molecule has 0 heterocycles. The maximum absolute atomic E-state index is 11.8. The molecule has 0 radical (unpaired) electrons. The second kappa shape index (κ2) is 7.11. The summed E-state index contributed by atoms with van der Waals surface area (Å²) in [5, 5.41) is 5.23. The van der Waals surface area contributed by atoms with Crippen LogP contribution in [0.5, 0.6) is 0 Å². The van der Waals surface area contributed by atoms with Crippen LogP contribution in [-0.2, 0) is 4.79 Å². The van der Waals surface area contributed by atoms with Crippen molar-refractivity contribution in [1.82, 2.24) is 10.6 Å². The van der Waals surface area contributed by atoms with E-state index >= 15 is 0 Å². The molecule has 1 rings (SSSR count). The van der Waals surface area contributed by atoms with E-state index in [1.165, 1.54) is 0 Å². The van der Waals surface area contributed by atoms with Crippen LogP contribution >= 0.6 is 0 Å². The Morgan fingerprint density at radius 2 is 1.65 bits per heavy atom. The minimum atomic E-state index is -0.567. The van der Waals surface area contributed by atoms with E-state index in [1.807, 2.05) is 0 Å². The van der Waals surface area contributed by atoms with E-state index in [0.717, 1.165) is 32.2 Å². The summed E-state index contributed by atoms with van der Waals surface area (Å²) in [7, 11) is 0. The molecule has 1 aliphatic rings. The molecule has 1 saturated carbocycles. The lowest BCUT2D eigenvalue weighted by atomic mass is 9.81. The second-order valence-corrected chi connectivity index (χ2v) is 4.54. The zero-order valence-electron chi connectivity index (χ0n) is 10.1. The number of amides is 3. The molecule has 0 saturated heterocycles. The summed E-state index contributed by atoms with van der Waals surface area (Å²) in [6.45, 7) is 1.52. The summed E-state index contributed by atoms with van der Waals surface area (Å²) < 4.78 is 0. The van der Waals surface area contributed by atoms with E-state index in [2.05, 4.69) is 10.6 Å². The van der Waals surface area contributed by atoms with Crippen molar-refractivity contribution in [3.05, 3.63) is 0 Å². The van der Waals surface area contributed by atoms with E-state index in [-0.39, 0.29) is 11.8 Å². The number of rotatable bonds is 5. The van der Waals surface area contributed by atoms with Gasteiger partial charge in [0.25, 0.3) is 0 Å². The fraction of sp³-hybridized carbons (Fsp3) is 0.818. The Morgan fingerprint density at radius 1 is 1.06 bits per heavy atom. The Kier molecular flexibility index (Phi) is 5.76. The molecule has 0 spiro atoms. The predicted molar refractivity (Wildman–Crippen MR) is 65.1 cm³/mol. The van der Waals surface area contributed by atoms with Gasteiger partial charge in [-0.15, -0.1) is 0 Å². The standard InChI is InChI=1S/C11H22N4O2/c12-7-8-1-3-9(4-2-8)10(16)14-5-6-15-11(13)17/h8-9H,1-7,12H2,(H,14,16)(H3,13,15,17). The summed E-state index contributed by atoms with van der Waals surface area (Å²) >= 11 is 0. The highest BCUT2D eigenvalue weighted by molar-refractivity contribution is 5.78. The molecule has 0 aromatic carbocycles. The van der Waals surface area contributed by atoms with Crippen molar-refractivity contribution in [2.24, 2.45) is 23.3 Å². The van der Waals surface area contributed by atoms with Gasteiger partial charge in [0, 0.05) is 19.0 Å². The number of carbonyl (C=O) groups excluding carboxylic acids is 2. The molecule has 1 aliphatic carbocycles. The average molecular weight is 242 g/mol. The van der Waals surface area contributed by atoms with E-state index < -0.39 is 6.03 Å². The number of carbonyl (C=O) groups is 2. The van der Waals surface area contributed by atoms with Gasteiger partial charge in [0.1, 0.15) is 0 Å². The summed E-state index contributed by atoms with van der Waals surface area (Å²) in [6, 6.07) is -0.567. The highest BCUT2D eigenvalue weighted by Gasteiger charge is 2.25. The molecule has 17 heavy (non-hydrogen) atoms. The van der Waals surface area contributed by atoms with Crippen molar-refractivity contribution in [3.63, 3.8) is 0 Å². The van der Waals surface area contributed by atoms with Gasteiger partial charge in [-0.2, -0.15) is 0 Å². The molecule has 6 heteroatoms. The van der Waals surface area contributed by atoms with Crippen LogP contribution in [-0.4, -0.2) is 31.6 Å². The maximum atomic E-state index is 11.8. The molecule has 0 aromatic rings. The number of hydrogen-bond acceptors (Lipinski definition) is 3. The zero-order chi connectivity index (χ0) is 12.7. The monoisotopic (exact) mass is 242 g/mol. The summed E-state index contributed by atoms with van der Waals surface area (Å²) in [5.41, 5.74) is 10.5. The van der Waals surface area contributed by atoms with Gasteiger partial charge >= 0.3 is 6.03 Å². The third-order valence-electron chi connectivity index (χ3n) is 3.27. The molecule has 0 unspecified atom stereocenters. The lowest BCUT2D eigenvalue weighted by Crippen LogP contribution is -2.40. The number of nitrogens with two attached hydrogens (primary N) is 2. The van der Waals surface area contributed by atoms with Gasteiger partial charge in [-0.3, -0.25) is 4.79 Å². The highest BCUT2D eigenvalue weighted by atomic mass is 16.2. The molecular formula is C11H22N4O2. The summed E-state index contributed by atoms with van der Waals surface area (Å²) in [6.07, 6.45) is 3.90. The number of urea groups is 1. The Bertz CT molecular complexity index is 262. The van der Waals surface area contributed by atoms with Crippen LogP contribution in [0.4, 0.5) is 4.79 Å². The Morgan fingerprint density at radius 3 is 2.18 bits per heavy atom. The van der Waals surface area contributed by atoms with Gasteiger partial charge in [-0.1, -0.05) is 0 Å². The van der Waals surface area contributed by atoms with Gasteiger partial charge in [0.15, 0.2) is 0 Å². The first-order valence-electron chi connectivity index (χ1n) is 6.14. The molecule has 1 fully saturated rings. The topological polar surface area (TPSA) is 110 Å². The SMILES string of the molecule is NCC1CCC(C(=O)NCCNC(N)=O)CC1. The molecule has 6 N–H and O–H groups in total. The number of nitrogens with one attached hydrogen (secondary N) is 2. The van der Waals surface area contributed by atoms with Crippen molar-refractivity contribution in [3.8, 4) is 0 Å². The maximum Gasteiger partial charge on any atom is 0.312 e. The van der Waals surface area contributed by atoms with Crippen molar-refractivity contribution in [2.45, 2.75) is 25.7 Å². The Labute approximate surface area is 101 Å². The third kappa shape index (κ3) is 5.04. The molecule has 0 aliphatic heterocycles. The first-order valence-corrected chi connectivity index (χ1v) is 6.14. The fourth-order valence-corrected chi connectivity index (χ4v) is 2.18. The number of hydrogen-bond donors (Lipinski definition) is 4. The van der Waals surface area contributed by atoms with Gasteiger partial charge in [-0.05, 0) is 38.1 Å². The molecule has 6 nitrogen and oxygen atoms in total. The fourth-order valence-electron chi connectivity index (χ4n) is 2.18. The third-order valence-corrected chi connectivity index (χ3v) is 3.27. The van der Waals surface area contributed by atoms with Crippen LogP contribution in [0.2, 0.25) is 0 Å². The predicted octanol–water partition coefficient (Wildman–Crippen LogP) is -0.464. The summed E-state index contributed by atoms with van der Waals surface area (Å²) in [5.74, 6) is 0.758. The van der Waals surface area contributed by atoms with Crippen LogP contribution < -0.4 is 22.1 Å². The molecule has 0 atom stereocenters.